The van der Waals surface area contributed by atoms with Crippen LogP contribution in [0.1, 0.15) is 35.9 Å². The Morgan fingerprint density at radius 2 is 1.72 bits per heavy atom. The Kier molecular flexibility index (Phi) is 5.01. The first kappa shape index (κ1) is 20.0. The van der Waals surface area contributed by atoms with Crippen molar-refractivity contribution in [1.82, 2.24) is 19.7 Å². The molecule has 1 aromatic carbocycles. The largest absolute Gasteiger partial charge is 0.493 e. The van der Waals surface area contributed by atoms with Gasteiger partial charge in [0.05, 0.1) is 21.3 Å². The molecule has 0 bridgehead atoms. The number of ether oxygens (including phenoxy) is 3. The van der Waals surface area contributed by atoms with Gasteiger partial charge in [-0.05, 0) is 47.7 Å². The number of anilines is 1. The van der Waals surface area contributed by atoms with Crippen LogP contribution >= 0.6 is 0 Å². The average Bonchev–Trinajstić information content (AvgIpc) is 3.30. The zero-order valence-electron chi connectivity index (χ0n) is 18.0. The Morgan fingerprint density at radius 3 is 2.38 bits per heavy atom. The van der Waals surface area contributed by atoms with Crippen molar-refractivity contribution in [3.05, 3.63) is 65.4 Å². The molecule has 9 heteroatoms. The molecular weight excluding hydrogens is 410 g/mol. The number of hydrogen-bond acceptors (Lipinski definition) is 8. The zero-order chi connectivity index (χ0) is 22.2. The second kappa shape index (κ2) is 7.99. The molecule has 9 nitrogen and oxygen atoms in total. The second-order valence-electron chi connectivity index (χ2n) is 7.72. The van der Waals surface area contributed by atoms with Gasteiger partial charge in [0, 0.05) is 30.1 Å². The zero-order valence-corrected chi connectivity index (χ0v) is 18.0. The highest BCUT2D eigenvalue weighted by Gasteiger charge is 2.39. The number of benzene rings is 1. The first-order valence-corrected chi connectivity index (χ1v) is 10.3. The van der Waals surface area contributed by atoms with E-state index in [-0.39, 0.29) is 17.7 Å². The predicted octanol–water partition coefficient (Wildman–Crippen LogP) is 3.11. The number of ketones is 1. The number of pyridine rings is 1. The van der Waals surface area contributed by atoms with Gasteiger partial charge in [-0.1, -0.05) is 0 Å². The van der Waals surface area contributed by atoms with E-state index < -0.39 is 0 Å². The minimum Gasteiger partial charge on any atom is -0.493 e. The summed E-state index contributed by atoms with van der Waals surface area (Å²) in [6.45, 7) is 0. The van der Waals surface area contributed by atoms with Crippen molar-refractivity contribution >= 4 is 11.7 Å². The van der Waals surface area contributed by atoms with Crippen LogP contribution in [0.3, 0.4) is 0 Å². The summed E-state index contributed by atoms with van der Waals surface area (Å²) in [6.07, 6.45) is 5.95. The van der Waals surface area contributed by atoms with Gasteiger partial charge in [-0.2, -0.15) is 10.1 Å². The molecule has 3 aromatic rings. The number of carbonyl (C=O) groups excluding carboxylic acids is 1. The maximum Gasteiger partial charge on any atom is 0.226 e. The molecule has 2 atom stereocenters. The van der Waals surface area contributed by atoms with E-state index in [4.69, 9.17) is 14.2 Å². The Labute approximate surface area is 185 Å². The van der Waals surface area contributed by atoms with E-state index >= 15 is 0 Å². The Morgan fingerprint density at radius 1 is 1.00 bits per heavy atom. The van der Waals surface area contributed by atoms with Crippen LogP contribution in [0.4, 0.5) is 5.95 Å². The third kappa shape index (κ3) is 3.17. The number of fused-ring (bicyclic) bond motifs is 1. The number of nitrogens with one attached hydrogen (secondary N) is 1. The summed E-state index contributed by atoms with van der Waals surface area (Å²) in [4.78, 5) is 22.0. The predicted molar refractivity (Wildman–Crippen MR) is 116 cm³/mol. The number of aromatic nitrogens is 4. The number of carbonyl (C=O) groups is 1. The molecule has 1 N–H and O–H groups in total. The van der Waals surface area contributed by atoms with E-state index in [1.165, 1.54) is 6.33 Å². The number of Topliss-reactive ketones (excluding diaryl/α,β-unsaturated/α-hetero) is 1. The lowest BCUT2D eigenvalue weighted by atomic mass is 9.78. The molecular formula is C23H23N5O4. The molecule has 0 unspecified atom stereocenters. The fourth-order valence-corrected chi connectivity index (χ4v) is 4.58. The van der Waals surface area contributed by atoms with E-state index in [0.717, 1.165) is 22.4 Å². The summed E-state index contributed by atoms with van der Waals surface area (Å²) >= 11 is 0. The van der Waals surface area contributed by atoms with Crippen LogP contribution in [-0.2, 0) is 4.79 Å². The monoisotopic (exact) mass is 433 g/mol. The molecule has 0 fully saturated rings. The molecule has 0 radical (unpaired) electrons. The van der Waals surface area contributed by atoms with E-state index in [1.54, 1.807) is 38.4 Å². The highest BCUT2D eigenvalue weighted by atomic mass is 16.5. The molecule has 2 aliphatic rings. The summed E-state index contributed by atoms with van der Waals surface area (Å²) in [7, 11) is 4.74. The lowest BCUT2D eigenvalue weighted by Gasteiger charge is -2.35. The van der Waals surface area contributed by atoms with Crippen LogP contribution in [0, 0.1) is 0 Å². The van der Waals surface area contributed by atoms with Gasteiger partial charge in [-0.15, -0.1) is 0 Å². The number of rotatable bonds is 5. The number of nitrogens with zero attached hydrogens (tertiary/aromatic N) is 4. The topological polar surface area (TPSA) is 100 Å². The third-order valence-corrected chi connectivity index (χ3v) is 6.04. The molecule has 2 aromatic heterocycles. The third-order valence-electron chi connectivity index (χ3n) is 6.04. The molecule has 0 spiro atoms. The van der Waals surface area contributed by atoms with Gasteiger partial charge in [-0.25, -0.2) is 4.68 Å². The van der Waals surface area contributed by atoms with Crippen LogP contribution in [0.25, 0.3) is 0 Å². The SMILES string of the molecule is COc1cc([C@@H]2CC(=O)C3=C(C2)Nc2ncnn2[C@@H]3c2ccncc2)cc(OC)c1OC. The fraction of sp³-hybridized carbons (Fsp3) is 0.304. The van der Waals surface area contributed by atoms with E-state index in [2.05, 4.69) is 20.4 Å². The molecule has 164 valence electrons. The van der Waals surface area contributed by atoms with Crippen LogP contribution in [0.5, 0.6) is 17.2 Å². The van der Waals surface area contributed by atoms with Gasteiger partial charge < -0.3 is 19.5 Å². The van der Waals surface area contributed by atoms with Gasteiger partial charge >= 0.3 is 0 Å². The van der Waals surface area contributed by atoms with Crippen LogP contribution < -0.4 is 19.5 Å². The number of methoxy groups -OCH3 is 3. The van der Waals surface area contributed by atoms with E-state index in [0.29, 0.717) is 36.0 Å². The molecule has 1 aliphatic carbocycles. The van der Waals surface area contributed by atoms with Gasteiger partial charge in [0.1, 0.15) is 12.4 Å². The smallest absolute Gasteiger partial charge is 0.226 e. The van der Waals surface area contributed by atoms with Crippen molar-refractivity contribution in [3.8, 4) is 17.2 Å². The summed E-state index contributed by atoms with van der Waals surface area (Å²) in [6, 6.07) is 7.31. The minimum atomic E-state index is -0.333. The molecule has 0 saturated carbocycles. The van der Waals surface area contributed by atoms with Crippen molar-refractivity contribution in [1.29, 1.82) is 0 Å². The first-order valence-electron chi connectivity index (χ1n) is 10.3. The summed E-state index contributed by atoms with van der Waals surface area (Å²) in [5.74, 6) is 2.31. The summed E-state index contributed by atoms with van der Waals surface area (Å²) in [5.41, 5.74) is 3.48. The van der Waals surface area contributed by atoms with Gasteiger partial charge in [-0.3, -0.25) is 9.78 Å². The lowest BCUT2D eigenvalue weighted by Crippen LogP contribution is -2.33. The molecule has 3 heterocycles. The normalized spacial score (nSPS) is 19.7. The molecule has 0 amide bonds. The van der Waals surface area contributed by atoms with Gasteiger partial charge in [0.15, 0.2) is 17.3 Å². The first-order chi connectivity index (χ1) is 15.6. The fourth-order valence-electron chi connectivity index (χ4n) is 4.58. The van der Waals surface area contributed by atoms with Crippen LogP contribution in [-0.4, -0.2) is 46.9 Å². The van der Waals surface area contributed by atoms with Crippen molar-refractivity contribution in [2.75, 3.05) is 26.6 Å². The summed E-state index contributed by atoms with van der Waals surface area (Å²) in [5, 5.41) is 7.70. The Bertz CT molecular complexity index is 1180. The molecule has 5 rings (SSSR count). The number of hydrogen-bond donors (Lipinski definition) is 1. The molecule has 0 saturated heterocycles. The van der Waals surface area contributed by atoms with E-state index in [9.17, 15) is 4.79 Å². The maximum absolute atomic E-state index is 13.5. The van der Waals surface area contributed by atoms with Crippen molar-refractivity contribution in [2.24, 2.45) is 0 Å². The minimum absolute atomic E-state index is 0.0463. The average molecular weight is 433 g/mol. The van der Waals surface area contributed by atoms with Gasteiger partial charge in [0.25, 0.3) is 0 Å². The quantitative estimate of drug-likeness (QED) is 0.655. The van der Waals surface area contributed by atoms with Crippen LogP contribution in [0.2, 0.25) is 0 Å². The highest BCUT2D eigenvalue weighted by Crippen LogP contribution is 2.46. The lowest BCUT2D eigenvalue weighted by molar-refractivity contribution is -0.116. The molecule has 1 aliphatic heterocycles. The maximum atomic E-state index is 13.5. The molecule has 32 heavy (non-hydrogen) atoms. The highest BCUT2D eigenvalue weighted by molar-refractivity contribution is 6.00. The van der Waals surface area contributed by atoms with E-state index in [1.807, 2.05) is 24.3 Å². The summed E-state index contributed by atoms with van der Waals surface area (Å²) < 4.78 is 18.2. The Hall–Kier alpha value is -3.88. The van der Waals surface area contributed by atoms with Crippen molar-refractivity contribution in [2.45, 2.75) is 24.8 Å². The van der Waals surface area contributed by atoms with Gasteiger partial charge in [0.2, 0.25) is 11.7 Å². The van der Waals surface area contributed by atoms with Crippen LogP contribution in [0.15, 0.2) is 54.3 Å². The van der Waals surface area contributed by atoms with Crippen molar-refractivity contribution < 1.29 is 19.0 Å². The second-order valence-corrected chi connectivity index (χ2v) is 7.72. The standard InChI is InChI=1S/C23H23N5O4/c1-30-18-10-15(11-19(31-2)22(18)32-3)14-8-16-20(17(29)9-14)21(13-4-6-24-7-5-13)28-23(27-16)25-12-26-28/h4-7,10-12,14,21H,8-9H2,1-3H3,(H,25,26,27)/t14-,21+/m0/s1. The number of allylic oxidation sites excluding steroid dienone is 2. The Balaban J connectivity index is 1.57. The van der Waals surface area contributed by atoms with Crippen molar-refractivity contribution in [3.63, 3.8) is 0 Å².